The van der Waals surface area contributed by atoms with E-state index in [4.69, 9.17) is 4.74 Å². The Morgan fingerprint density at radius 3 is 2.63 bits per heavy atom. The largest absolute Gasteiger partial charge is 0.444 e. The van der Waals surface area contributed by atoms with Crippen LogP contribution in [0.3, 0.4) is 0 Å². The molecule has 2 heterocycles. The highest BCUT2D eigenvalue weighted by atomic mass is 16.6. The fourth-order valence-corrected chi connectivity index (χ4v) is 3.46. The fourth-order valence-electron chi connectivity index (χ4n) is 3.46. The van der Waals surface area contributed by atoms with Crippen molar-refractivity contribution in [2.45, 2.75) is 58.2 Å². The van der Waals surface area contributed by atoms with E-state index in [-0.39, 0.29) is 0 Å². The maximum atomic E-state index is 11.9. The number of anilines is 1. The molecule has 27 heavy (non-hydrogen) atoms. The predicted octanol–water partition coefficient (Wildman–Crippen LogP) is 5.16. The second-order valence-corrected chi connectivity index (χ2v) is 8.07. The molecule has 1 fully saturated rings. The Hall–Kier alpha value is -2.40. The first-order valence-electron chi connectivity index (χ1n) is 9.65. The molecular weight excluding hydrogens is 338 g/mol. The molecule has 1 saturated heterocycles. The lowest BCUT2D eigenvalue weighted by Crippen LogP contribution is -2.33. The van der Waals surface area contributed by atoms with Crippen LogP contribution in [-0.4, -0.2) is 28.1 Å². The zero-order valence-corrected chi connectivity index (χ0v) is 16.4. The summed E-state index contributed by atoms with van der Waals surface area (Å²) in [6.07, 6.45) is 4.99. The molecule has 1 unspecified atom stereocenters. The maximum Gasteiger partial charge on any atom is 0.413 e. The van der Waals surface area contributed by atoms with Gasteiger partial charge < -0.3 is 4.74 Å². The average molecular weight is 367 g/mol. The summed E-state index contributed by atoms with van der Waals surface area (Å²) >= 11 is 0. The number of piperidine rings is 1. The van der Waals surface area contributed by atoms with E-state index in [1.54, 1.807) is 0 Å². The third-order valence-electron chi connectivity index (χ3n) is 4.64. The lowest BCUT2D eigenvalue weighted by atomic mass is 9.95. The Kier molecular flexibility index (Phi) is 6.11. The quantitative estimate of drug-likeness (QED) is 0.811. The summed E-state index contributed by atoms with van der Waals surface area (Å²) in [4.78, 5) is 18.8. The molecule has 1 aliphatic heterocycles. The van der Waals surface area contributed by atoms with Crippen molar-refractivity contribution in [1.29, 1.82) is 0 Å². The van der Waals surface area contributed by atoms with Gasteiger partial charge in [0.1, 0.15) is 11.4 Å². The molecule has 1 aromatic carbocycles. The first-order valence-corrected chi connectivity index (χ1v) is 9.65. The van der Waals surface area contributed by atoms with Gasteiger partial charge in [0.2, 0.25) is 0 Å². The van der Waals surface area contributed by atoms with E-state index in [2.05, 4.69) is 51.6 Å². The zero-order valence-electron chi connectivity index (χ0n) is 16.4. The smallest absolute Gasteiger partial charge is 0.413 e. The van der Waals surface area contributed by atoms with E-state index in [1.165, 1.54) is 24.0 Å². The number of carbonyl (C=O) groups excluding carboxylic acids is 1. The summed E-state index contributed by atoms with van der Waals surface area (Å²) in [7, 11) is 0. The fraction of sp³-hybridized carbons (Fsp3) is 0.455. The number of ether oxygens (including phenoxy) is 1. The molecule has 0 bridgehead atoms. The lowest BCUT2D eigenvalue weighted by Gasteiger charge is -2.36. The Labute approximate surface area is 161 Å². The van der Waals surface area contributed by atoms with Crippen molar-refractivity contribution >= 4 is 11.9 Å². The number of nitrogens with zero attached hydrogens (tertiary/aromatic N) is 2. The topological polar surface area (TPSA) is 54.5 Å². The molecule has 1 aliphatic rings. The van der Waals surface area contributed by atoms with E-state index >= 15 is 0 Å². The summed E-state index contributed by atoms with van der Waals surface area (Å²) < 4.78 is 5.27. The van der Waals surface area contributed by atoms with Gasteiger partial charge in [-0.3, -0.25) is 10.2 Å². The van der Waals surface area contributed by atoms with E-state index in [0.717, 1.165) is 19.5 Å². The van der Waals surface area contributed by atoms with Gasteiger partial charge in [0.15, 0.2) is 0 Å². The van der Waals surface area contributed by atoms with Gasteiger partial charge >= 0.3 is 6.09 Å². The lowest BCUT2D eigenvalue weighted by molar-refractivity contribution is 0.0635. The minimum absolute atomic E-state index is 0.363. The highest BCUT2D eigenvalue weighted by molar-refractivity contribution is 5.83. The van der Waals surface area contributed by atoms with E-state index in [0.29, 0.717) is 11.9 Å². The van der Waals surface area contributed by atoms with Crippen LogP contribution in [0, 0.1) is 0 Å². The third-order valence-corrected chi connectivity index (χ3v) is 4.64. The van der Waals surface area contributed by atoms with Gasteiger partial charge in [-0.15, -0.1) is 0 Å². The molecular formula is C22H29N3O2. The Morgan fingerprint density at radius 2 is 1.96 bits per heavy atom. The minimum atomic E-state index is -0.524. The molecule has 3 rings (SSSR count). The molecule has 5 nitrogen and oxygen atoms in total. The molecule has 0 spiro atoms. The average Bonchev–Trinajstić information content (AvgIpc) is 2.62. The second-order valence-electron chi connectivity index (χ2n) is 8.07. The van der Waals surface area contributed by atoms with E-state index < -0.39 is 11.7 Å². The first kappa shape index (κ1) is 19.4. The summed E-state index contributed by atoms with van der Waals surface area (Å²) in [5, 5.41) is 2.69. The number of carbonyl (C=O) groups is 1. The zero-order chi connectivity index (χ0) is 19.3. The summed E-state index contributed by atoms with van der Waals surface area (Å²) in [6.45, 7) is 7.56. The van der Waals surface area contributed by atoms with Gasteiger partial charge in [-0.1, -0.05) is 42.8 Å². The van der Waals surface area contributed by atoms with Gasteiger partial charge in [0.05, 0.1) is 0 Å². The molecule has 1 amide bonds. The number of hydrogen-bond acceptors (Lipinski definition) is 4. The van der Waals surface area contributed by atoms with Gasteiger partial charge in [-0.05, 0) is 57.4 Å². The molecule has 1 N–H and O–H groups in total. The van der Waals surface area contributed by atoms with Crippen LogP contribution >= 0.6 is 0 Å². The number of hydrogen-bond donors (Lipinski definition) is 1. The van der Waals surface area contributed by atoms with Crippen LogP contribution in [0.4, 0.5) is 10.6 Å². The number of pyridine rings is 1. The second kappa shape index (κ2) is 8.53. The first-order chi connectivity index (χ1) is 12.9. The summed E-state index contributed by atoms with van der Waals surface area (Å²) in [6, 6.07) is 14.9. The van der Waals surface area contributed by atoms with Crippen molar-refractivity contribution in [1.82, 2.24) is 9.88 Å². The molecule has 1 atom stereocenters. The van der Waals surface area contributed by atoms with Crippen molar-refractivity contribution in [3.63, 3.8) is 0 Å². The molecule has 0 saturated carbocycles. The van der Waals surface area contributed by atoms with Crippen LogP contribution in [-0.2, 0) is 11.3 Å². The highest BCUT2D eigenvalue weighted by Gasteiger charge is 2.24. The van der Waals surface area contributed by atoms with Gasteiger partial charge in [0.25, 0.3) is 0 Å². The summed E-state index contributed by atoms with van der Waals surface area (Å²) in [5.41, 5.74) is 2.00. The number of likely N-dealkylation sites (tertiary alicyclic amines) is 1. The van der Waals surface area contributed by atoms with Crippen LogP contribution in [0.5, 0.6) is 0 Å². The number of benzene rings is 1. The maximum absolute atomic E-state index is 11.9. The highest BCUT2D eigenvalue weighted by Crippen LogP contribution is 2.32. The van der Waals surface area contributed by atoms with Gasteiger partial charge in [-0.2, -0.15) is 0 Å². The Bertz CT molecular complexity index is 738. The van der Waals surface area contributed by atoms with Crippen LogP contribution in [0.2, 0.25) is 0 Å². The molecule has 0 aliphatic carbocycles. The van der Waals surface area contributed by atoms with Crippen LogP contribution in [0.25, 0.3) is 0 Å². The molecule has 2 aromatic rings. The van der Waals surface area contributed by atoms with Crippen molar-refractivity contribution in [2.24, 2.45) is 0 Å². The van der Waals surface area contributed by atoms with Crippen molar-refractivity contribution in [3.8, 4) is 0 Å². The van der Waals surface area contributed by atoms with Gasteiger partial charge in [0, 0.05) is 18.8 Å². The molecule has 0 radical (unpaired) electrons. The standard InChI is InChI=1S/C22H29N3O2/c1-22(2,3)27-21(26)24-20-13-12-18(15-23-20)19-11-7-8-14-25(19)16-17-9-5-4-6-10-17/h4-6,9-10,12-13,15,19H,7-8,11,14,16H2,1-3H3,(H,23,24,26). The third kappa shape index (κ3) is 5.79. The normalized spacial score (nSPS) is 18.1. The minimum Gasteiger partial charge on any atom is -0.444 e. The van der Waals surface area contributed by atoms with Gasteiger partial charge in [-0.25, -0.2) is 9.78 Å². The predicted molar refractivity (Wildman–Crippen MR) is 108 cm³/mol. The SMILES string of the molecule is CC(C)(C)OC(=O)Nc1ccc(C2CCCCN2Cc2ccccc2)cn1. The summed E-state index contributed by atoms with van der Waals surface area (Å²) in [5.74, 6) is 0.512. The monoisotopic (exact) mass is 367 g/mol. The van der Waals surface area contributed by atoms with E-state index in [1.807, 2.05) is 33.0 Å². The van der Waals surface area contributed by atoms with Crippen LogP contribution in [0.15, 0.2) is 48.7 Å². The number of amides is 1. The molecule has 5 heteroatoms. The molecule has 1 aromatic heterocycles. The number of aromatic nitrogens is 1. The Balaban J connectivity index is 1.66. The number of rotatable bonds is 4. The van der Waals surface area contributed by atoms with Crippen molar-refractivity contribution < 1.29 is 9.53 Å². The molecule has 144 valence electrons. The van der Waals surface area contributed by atoms with Crippen LogP contribution < -0.4 is 5.32 Å². The van der Waals surface area contributed by atoms with Crippen molar-refractivity contribution in [3.05, 3.63) is 59.8 Å². The Morgan fingerprint density at radius 1 is 1.19 bits per heavy atom. The van der Waals surface area contributed by atoms with Crippen molar-refractivity contribution in [2.75, 3.05) is 11.9 Å². The number of nitrogens with one attached hydrogen (secondary N) is 1. The van der Waals surface area contributed by atoms with Crippen LogP contribution in [0.1, 0.15) is 57.2 Å². The van der Waals surface area contributed by atoms with E-state index in [9.17, 15) is 4.79 Å².